The lowest BCUT2D eigenvalue weighted by atomic mass is 9.97. The second-order valence-corrected chi connectivity index (χ2v) is 7.76. The molecule has 2 rings (SSSR count). The van der Waals surface area contributed by atoms with Gasteiger partial charge in [-0.25, -0.2) is 8.42 Å². The van der Waals surface area contributed by atoms with Crippen LogP contribution < -0.4 is 5.73 Å². The lowest BCUT2D eigenvalue weighted by molar-refractivity contribution is 0.203. The van der Waals surface area contributed by atoms with E-state index in [0.29, 0.717) is 25.2 Å². The number of nitrogens with two attached hydrogens (primary N) is 1. The first kappa shape index (κ1) is 16.3. The molecular formula is C15H24N2O3S. The van der Waals surface area contributed by atoms with Gasteiger partial charge in [0.2, 0.25) is 10.0 Å². The molecular weight excluding hydrogens is 288 g/mol. The second kappa shape index (κ2) is 6.34. The SMILES string of the molecule is Cc1cc(N)c(S(=O)(=O)N2CCCC(CCO)C2)cc1C. The Labute approximate surface area is 126 Å². The zero-order chi connectivity index (χ0) is 15.6. The molecule has 118 valence electrons. The van der Waals surface area contributed by atoms with Gasteiger partial charge in [0.15, 0.2) is 0 Å². The Bertz CT molecular complexity index is 612. The smallest absolute Gasteiger partial charge is 0.245 e. The fourth-order valence-electron chi connectivity index (χ4n) is 2.84. The third-order valence-electron chi connectivity index (χ3n) is 4.26. The molecule has 0 radical (unpaired) electrons. The number of aliphatic hydroxyl groups excluding tert-OH is 1. The molecule has 1 saturated heterocycles. The molecule has 0 aromatic heterocycles. The minimum Gasteiger partial charge on any atom is -0.398 e. The van der Waals surface area contributed by atoms with Gasteiger partial charge in [0, 0.05) is 19.7 Å². The Morgan fingerprint density at radius 1 is 1.33 bits per heavy atom. The molecule has 1 aliphatic heterocycles. The van der Waals surface area contributed by atoms with E-state index in [1.54, 1.807) is 12.1 Å². The molecule has 0 bridgehead atoms. The summed E-state index contributed by atoms with van der Waals surface area (Å²) in [6.07, 6.45) is 2.44. The molecule has 1 heterocycles. The standard InChI is InChI=1S/C15H24N2O3S/c1-11-8-14(16)15(9-12(11)2)21(19,20)17-6-3-4-13(10-17)5-7-18/h8-9,13,18H,3-7,10,16H2,1-2H3. The Morgan fingerprint density at radius 2 is 2.00 bits per heavy atom. The van der Waals surface area contributed by atoms with Gasteiger partial charge in [-0.15, -0.1) is 0 Å². The largest absolute Gasteiger partial charge is 0.398 e. The van der Waals surface area contributed by atoms with E-state index in [-0.39, 0.29) is 17.4 Å². The molecule has 0 aliphatic carbocycles. The molecule has 1 fully saturated rings. The van der Waals surface area contributed by atoms with Crippen molar-refractivity contribution >= 4 is 15.7 Å². The van der Waals surface area contributed by atoms with Crippen LogP contribution in [0, 0.1) is 19.8 Å². The number of sulfonamides is 1. The summed E-state index contributed by atoms with van der Waals surface area (Å²) in [5, 5.41) is 9.05. The van der Waals surface area contributed by atoms with Gasteiger partial charge >= 0.3 is 0 Å². The van der Waals surface area contributed by atoms with Crippen LogP contribution in [-0.2, 0) is 10.0 Å². The van der Waals surface area contributed by atoms with E-state index in [2.05, 4.69) is 0 Å². The highest BCUT2D eigenvalue weighted by Gasteiger charge is 2.31. The molecule has 1 aliphatic rings. The van der Waals surface area contributed by atoms with E-state index >= 15 is 0 Å². The molecule has 6 heteroatoms. The molecule has 3 N–H and O–H groups in total. The lowest BCUT2D eigenvalue weighted by Gasteiger charge is -2.32. The molecule has 0 saturated carbocycles. The summed E-state index contributed by atoms with van der Waals surface area (Å²) < 4.78 is 27.1. The van der Waals surface area contributed by atoms with E-state index in [1.807, 2.05) is 13.8 Å². The van der Waals surface area contributed by atoms with E-state index in [0.717, 1.165) is 24.0 Å². The number of nitrogen functional groups attached to an aromatic ring is 1. The summed E-state index contributed by atoms with van der Waals surface area (Å²) in [7, 11) is -3.56. The first-order valence-electron chi connectivity index (χ1n) is 7.34. The number of aryl methyl sites for hydroxylation is 2. The average molecular weight is 312 g/mol. The van der Waals surface area contributed by atoms with Crippen LogP contribution in [0.15, 0.2) is 17.0 Å². The molecule has 21 heavy (non-hydrogen) atoms. The fraction of sp³-hybridized carbons (Fsp3) is 0.600. The van der Waals surface area contributed by atoms with E-state index in [1.165, 1.54) is 4.31 Å². The number of benzene rings is 1. The number of anilines is 1. The van der Waals surface area contributed by atoms with Crippen LogP contribution in [-0.4, -0.2) is 37.5 Å². The monoisotopic (exact) mass is 312 g/mol. The van der Waals surface area contributed by atoms with E-state index in [4.69, 9.17) is 10.8 Å². The quantitative estimate of drug-likeness (QED) is 0.828. The summed E-state index contributed by atoms with van der Waals surface area (Å²) in [6, 6.07) is 3.38. The molecule has 1 aromatic rings. The van der Waals surface area contributed by atoms with Crippen molar-refractivity contribution < 1.29 is 13.5 Å². The van der Waals surface area contributed by atoms with Crippen molar-refractivity contribution in [3.63, 3.8) is 0 Å². The van der Waals surface area contributed by atoms with Crippen LogP contribution in [0.1, 0.15) is 30.4 Å². The number of piperidine rings is 1. The maximum atomic E-state index is 12.8. The zero-order valence-corrected chi connectivity index (χ0v) is 13.5. The molecule has 0 spiro atoms. The first-order chi connectivity index (χ1) is 9.86. The van der Waals surface area contributed by atoms with Crippen LogP contribution in [0.5, 0.6) is 0 Å². The molecule has 1 aromatic carbocycles. The minimum atomic E-state index is -3.56. The van der Waals surface area contributed by atoms with Gasteiger partial charge in [-0.05, 0) is 62.3 Å². The number of hydrogen-bond donors (Lipinski definition) is 2. The fourth-order valence-corrected chi connectivity index (χ4v) is 4.58. The van der Waals surface area contributed by atoms with Crippen LogP contribution in [0.25, 0.3) is 0 Å². The van der Waals surface area contributed by atoms with Crippen LogP contribution in [0.2, 0.25) is 0 Å². The number of rotatable bonds is 4. The highest BCUT2D eigenvalue weighted by Crippen LogP contribution is 2.29. The molecule has 5 nitrogen and oxygen atoms in total. The summed E-state index contributed by atoms with van der Waals surface area (Å²) in [6.45, 7) is 4.90. The third-order valence-corrected chi connectivity index (χ3v) is 6.18. The molecule has 1 atom stereocenters. The Hall–Kier alpha value is -1.11. The predicted molar refractivity (Wildman–Crippen MR) is 83.5 cm³/mol. The van der Waals surface area contributed by atoms with Crippen molar-refractivity contribution in [1.82, 2.24) is 4.31 Å². The van der Waals surface area contributed by atoms with Crippen LogP contribution >= 0.6 is 0 Å². The van der Waals surface area contributed by atoms with Gasteiger partial charge in [-0.1, -0.05) is 0 Å². The van der Waals surface area contributed by atoms with Crippen molar-refractivity contribution in [3.05, 3.63) is 23.3 Å². The Kier molecular flexibility index (Phi) is 4.91. The Morgan fingerprint density at radius 3 is 2.67 bits per heavy atom. The maximum absolute atomic E-state index is 12.8. The average Bonchev–Trinajstić information content (AvgIpc) is 2.43. The highest BCUT2D eigenvalue weighted by atomic mass is 32.2. The number of hydrogen-bond acceptors (Lipinski definition) is 4. The summed E-state index contributed by atoms with van der Waals surface area (Å²) >= 11 is 0. The zero-order valence-electron chi connectivity index (χ0n) is 12.7. The van der Waals surface area contributed by atoms with Crippen molar-refractivity contribution in [2.75, 3.05) is 25.4 Å². The number of nitrogens with zero attached hydrogens (tertiary/aromatic N) is 1. The maximum Gasteiger partial charge on any atom is 0.245 e. The van der Waals surface area contributed by atoms with Gasteiger partial charge in [0.1, 0.15) is 4.90 Å². The number of aliphatic hydroxyl groups is 1. The lowest BCUT2D eigenvalue weighted by Crippen LogP contribution is -2.40. The normalized spacial score (nSPS) is 20.6. The van der Waals surface area contributed by atoms with E-state index in [9.17, 15) is 8.42 Å². The van der Waals surface area contributed by atoms with Crippen molar-refractivity contribution in [2.24, 2.45) is 5.92 Å². The molecule has 0 amide bonds. The van der Waals surface area contributed by atoms with E-state index < -0.39 is 10.0 Å². The van der Waals surface area contributed by atoms with Gasteiger partial charge < -0.3 is 10.8 Å². The van der Waals surface area contributed by atoms with Gasteiger partial charge in [-0.3, -0.25) is 0 Å². The summed E-state index contributed by atoms with van der Waals surface area (Å²) in [5.41, 5.74) is 8.15. The first-order valence-corrected chi connectivity index (χ1v) is 8.78. The Balaban J connectivity index is 2.31. The van der Waals surface area contributed by atoms with Gasteiger partial charge in [0.05, 0.1) is 5.69 Å². The summed E-state index contributed by atoms with van der Waals surface area (Å²) in [4.78, 5) is 0.204. The van der Waals surface area contributed by atoms with Crippen LogP contribution in [0.3, 0.4) is 0 Å². The molecule has 1 unspecified atom stereocenters. The third kappa shape index (κ3) is 3.39. The summed E-state index contributed by atoms with van der Waals surface area (Å²) in [5.74, 6) is 0.228. The van der Waals surface area contributed by atoms with Crippen molar-refractivity contribution in [1.29, 1.82) is 0 Å². The van der Waals surface area contributed by atoms with Gasteiger partial charge in [-0.2, -0.15) is 4.31 Å². The van der Waals surface area contributed by atoms with Crippen molar-refractivity contribution in [3.8, 4) is 0 Å². The topological polar surface area (TPSA) is 83.6 Å². The predicted octanol–water partition coefficient (Wildman–Crippen LogP) is 1.67. The van der Waals surface area contributed by atoms with Crippen LogP contribution in [0.4, 0.5) is 5.69 Å². The van der Waals surface area contributed by atoms with Gasteiger partial charge in [0.25, 0.3) is 0 Å². The van der Waals surface area contributed by atoms with Crippen molar-refractivity contribution in [2.45, 2.75) is 38.0 Å². The second-order valence-electron chi connectivity index (χ2n) is 5.86. The highest BCUT2D eigenvalue weighted by molar-refractivity contribution is 7.89. The minimum absolute atomic E-state index is 0.102.